The summed E-state index contributed by atoms with van der Waals surface area (Å²) >= 11 is 0. The minimum absolute atomic E-state index is 0.0814. The minimum atomic E-state index is -1.88. The average Bonchev–Trinajstić information content (AvgIpc) is 2.15. The van der Waals surface area contributed by atoms with Crippen LogP contribution in [-0.4, -0.2) is 12.3 Å². The predicted octanol–water partition coefficient (Wildman–Crippen LogP) is 2.56. The molecule has 0 spiro atoms. The smallest absolute Gasteiger partial charge is 0.164 e. The van der Waals surface area contributed by atoms with Crippen molar-refractivity contribution in [1.29, 1.82) is 0 Å². The van der Waals surface area contributed by atoms with E-state index in [1.165, 1.54) is 26.0 Å². The van der Waals surface area contributed by atoms with E-state index in [4.69, 9.17) is 5.73 Å². The molecule has 0 aliphatic carbocycles. The van der Waals surface area contributed by atoms with E-state index in [2.05, 4.69) is 0 Å². The Morgan fingerprint density at radius 1 is 1.44 bits per heavy atom. The maximum absolute atomic E-state index is 13.8. The maximum atomic E-state index is 13.8. The third-order valence-electron chi connectivity index (χ3n) is 2.28. The number of carbonyl (C=O) groups excluding carboxylic acids is 1. The first-order valence-corrected chi connectivity index (χ1v) is 5.09. The molecule has 0 fully saturated rings. The van der Waals surface area contributed by atoms with Crippen LogP contribution in [0.2, 0.25) is 0 Å². The van der Waals surface area contributed by atoms with E-state index in [0.29, 0.717) is 0 Å². The third kappa shape index (κ3) is 2.64. The van der Waals surface area contributed by atoms with E-state index in [1.807, 2.05) is 0 Å². The molecule has 0 saturated heterocycles. The number of hydrogen-bond donors (Lipinski definition) is 1. The van der Waals surface area contributed by atoms with Gasteiger partial charge in [0.05, 0.1) is 0 Å². The van der Waals surface area contributed by atoms with E-state index in [0.717, 1.165) is 6.07 Å². The fraction of sp³-hybridized carbons (Fsp3) is 0.417. The number of nitrogens with two attached hydrogens (primary N) is 1. The SMILES string of the molecule is CC(C)(F)c1c(F)cccc1C(=O)CCN. The van der Waals surface area contributed by atoms with E-state index in [1.54, 1.807) is 0 Å². The zero-order chi connectivity index (χ0) is 12.3. The Morgan fingerprint density at radius 3 is 2.56 bits per heavy atom. The van der Waals surface area contributed by atoms with Crippen LogP contribution in [0.3, 0.4) is 0 Å². The molecule has 0 radical (unpaired) electrons. The zero-order valence-corrected chi connectivity index (χ0v) is 9.39. The van der Waals surface area contributed by atoms with Crippen molar-refractivity contribution >= 4 is 5.78 Å². The van der Waals surface area contributed by atoms with Gasteiger partial charge in [0, 0.05) is 17.5 Å². The molecule has 0 unspecified atom stereocenters. The summed E-state index contributed by atoms with van der Waals surface area (Å²) in [5.74, 6) is -1.03. The highest BCUT2D eigenvalue weighted by Crippen LogP contribution is 2.30. The first-order valence-electron chi connectivity index (χ1n) is 5.09. The van der Waals surface area contributed by atoms with Crippen molar-refractivity contribution in [1.82, 2.24) is 0 Å². The first kappa shape index (κ1) is 12.8. The molecule has 2 N–H and O–H groups in total. The van der Waals surface area contributed by atoms with Gasteiger partial charge in [-0.15, -0.1) is 0 Å². The number of carbonyl (C=O) groups is 1. The van der Waals surface area contributed by atoms with Crippen LogP contribution in [-0.2, 0) is 5.67 Å². The van der Waals surface area contributed by atoms with Gasteiger partial charge in [0.2, 0.25) is 0 Å². The summed E-state index contributed by atoms with van der Waals surface area (Å²) in [6, 6.07) is 3.97. The monoisotopic (exact) mass is 227 g/mol. The molecular formula is C12H15F2NO. The lowest BCUT2D eigenvalue weighted by Crippen LogP contribution is -2.19. The van der Waals surface area contributed by atoms with E-state index >= 15 is 0 Å². The van der Waals surface area contributed by atoms with Gasteiger partial charge in [-0.05, 0) is 26.5 Å². The van der Waals surface area contributed by atoms with Crippen LogP contribution in [0.4, 0.5) is 8.78 Å². The van der Waals surface area contributed by atoms with Crippen LogP contribution in [0.5, 0.6) is 0 Å². The Kier molecular flexibility index (Phi) is 3.75. The fourth-order valence-corrected chi connectivity index (χ4v) is 1.63. The highest BCUT2D eigenvalue weighted by Gasteiger charge is 2.28. The molecule has 16 heavy (non-hydrogen) atoms. The summed E-state index contributed by atoms with van der Waals surface area (Å²) in [6.45, 7) is 2.62. The van der Waals surface area contributed by atoms with Crippen molar-refractivity contribution < 1.29 is 13.6 Å². The van der Waals surface area contributed by atoms with Crippen LogP contribution in [0.1, 0.15) is 36.2 Å². The molecule has 2 nitrogen and oxygen atoms in total. The summed E-state index contributed by atoms with van der Waals surface area (Å²) in [6.07, 6.45) is 0.0898. The number of rotatable bonds is 4. The molecule has 0 heterocycles. The number of ketones is 1. The highest BCUT2D eigenvalue weighted by atomic mass is 19.1. The van der Waals surface area contributed by atoms with Crippen LogP contribution in [0, 0.1) is 5.82 Å². The number of halogens is 2. The molecule has 88 valence electrons. The summed E-state index contributed by atoms with van der Waals surface area (Å²) < 4.78 is 27.3. The molecule has 0 atom stereocenters. The van der Waals surface area contributed by atoms with Gasteiger partial charge < -0.3 is 5.73 Å². The molecule has 0 aliphatic rings. The van der Waals surface area contributed by atoms with Crippen molar-refractivity contribution in [3.8, 4) is 0 Å². The maximum Gasteiger partial charge on any atom is 0.164 e. The molecule has 0 saturated carbocycles. The van der Waals surface area contributed by atoms with Crippen molar-refractivity contribution in [3.05, 3.63) is 35.1 Å². The fourth-order valence-electron chi connectivity index (χ4n) is 1.63. The number of benzene rings is 1. The van der Waals surface area contributed by atoms with Gasteiger partial charge in [-0.25, -0.2) is 8.78 Å². The summed E-state index contributed by atoms with van der Waals surface area (Å²) in [5, 5.41) is 0. The molecule has 4 heteroatoms. The second-order valence-corrected chi connectivity index (χ2v) is 4.10. The van der Waals surface area contributed by atoms with Crippen molar-refractivity contribution in [2.45, 2.75) is 25.9 Å². The average molecular weight is 227 g/mol. The molecule has 1 aromatic rings. The Hall–Kier alpha value is -1.29. The molecular weight excluding hydrogens is 212 g/mol. The molecule has 1 aromatic carbocycles. The van der Waals surface area contributed by atoms with Gasteiger partial charge in [-0.2, -0.15) is 0 Å². The molecule has 0 bridgehead atoms. The normalized spacial score (nSPS) is 11.6. The number of Topliss-reactive ketones (excluding diaryl/α,β-unsaturated/α-hetero) is 1. The third-order valence-corrected chi connectivity index (χ3v) is 2.28. The Bertz CT molecular complexity index is 396. The van der Waals surface area contributed by atoms with Crippen molar-refractivity contribution in [2.24, 2.45) is 5.73 Å². The van der Waals surface area contributed by atoms with Crippen LogP contribution in [0.25, 0.3) is 0 Å². The highest BCUT2D eigenvalue weighted by molar-refractivity contribution is 5.97. The summed E-state index contributed by atoms with van der Waals surface area (Å²) in [5.41, 5.74) is 3.27. The van der Waals surface area contributed by atoms with Gasteiger partial charge >= 0.3 is 0 Å². The largest absolute Gasteiger partial charge is 0.330 e. The Morgan fingerprint density at radius 2 is 2.06 bits per heavy atom. The predicted molar refractivity (Wildman–Crippen MR) is 58.5 cm³/mol. The zero-order valence-electron chi connectivity index (χ0n) is 9.39. The molecule has 1 rings (SSSR count). The molecule has 0 aliphatic heterocycles. The van der Waals surface area contributed by atoms with E-state index < -0.39 is 11.5 Å². The quantitative estimate of drug-likeness (QED) is 0.803. The summed E-state index contributed by atoms with van der Waals surface area (Å²) in [7, 11) is 0. The van der Waals surface area contributed by atoms with Gasteiger partial charge in [0.1, 0.15) is 11.5 Å². The Labute approximate surface area is 93.5 Å². The topological polar surface area (TPSA) is 43.1 Å². The lowest BCUT2D eigenvalue weighted by atomic mass is 9.91. The molecule has 0 aromatic heterocycles. The van der Waals surface area contributed by atoms with Gasteiger partial charge in [0.15, 0.2) is 5.78 Å². The lowest BCUT2D eigenvalue weighted by Gasteiger charge is -2.19. The standard InChI is InChI=1S/C12H15F2NO/c1-12(2,14)11-8(10(16)6-7-15)4-3-5-9(11)13/h3-5H,6-7,15H2,1-2H3. The number of alkyl halides is 1. The number of hydrogen-bond acceptors (Lipinski definition) is 2. The molecule has 0 amide bonds. The van der Waals surface area contributed by atoms with E-state index in [-0.39, 0.29) is 29.9 Å². The lowest BCUT2D eigenvalue weighted by molar-refractivity contribution is 0.0977. The van der Waals surface area contributed by atoms with Crippen LogP contribution >= 0.6 is 0 Å². The van der Waals surface area contributed by atoms with Gasteiger partial charge in [0.25, 0.3) is 0 Å². The van der Waals surface area contributed by atoms with Crippen LogP contribution in [0.15, 0.2) is 18.2 Å². The second-order valence-electron chi connectivity index (χ2n) is 4.10. The van der Waals surface area contributed by atoms with Gasteiger partial charge in [-0.3, -0.25) is 4.79 Å². The summed E-state index contributed by atoms with van der Waals surface area (Å²) in [4.78, 5) is 11.7. The van der Waals surface area contributed by atoms with E-state index in [9.17, 15) is 13.6 Å². The van der Waals surface area contributed by atoms with Crippen molar-refractivity contribution in [2.75, 3.05) is 6.54 Å². The van der Waals surface area contributed by atoms with Crippen LogP contribution < -0.4 is 5.73 Å². The first-order chi connectivity index (χ1) is 7.38. The Balaban J connectivity index is 3.29. The minimum Gasteiger partial charge on any atom is -0.330 e. The van der Waals surface area contributed by atoms with Crippen molar-refractivity contribution in [3.63, 3.8) is 0 Å². The van der Waals surface area contributed by atoms with Gasteiger partial charge in [-0.1, -0.05) is 12.1 Å². The second kappa shape index (κ2) is 4.70.